The van der Waals surface area contributed by atoms with Crippen LogP contribution in [0.1, 0.15) is 59.5 Å². The molecule has 2 atom stereocenters. The second kappa shape index (κ2) is 17.0. The molecule has 53 heavy (non-hydrogen) atoms. The summed E-state index contributed by atoms with van der Waals surface area (Å²) in [5.74, 6) is -2.53. The van der Waals surface area contributed by atoms with Crippen molar-refractivity contribution >= 4 is 39.2 Å². The van der Waals surface area contributed by atoms with Gasteiger partial charge in [-0.15, -0.1) is 0 Å². The average molecular weight is 752 g/mol. The Kier molecular flexibility index (Phi) is 13.0. The standard InChI is InChI=1S/C39H43F2N3O8S/c1-25(45)28-19-29(21-33(20-28)44(53(6,49)50)32-12-8-7-9-13-32)37(47)42-35(18-27-15-30(40)22-31(41)16-27)36(46)24-43(38(48)52-39(2,3)4)23-26-11-10-14-34(17-26)51-5/h7-17,19-22,35-36,46H,18,23-24H2,1-6H3,(H,42,47)/t35-,36+/m0/s1. The molecule has 0 saturated carbocycles. The number of halogens is 2. The molecule has 4 aromatic carbocycles. The number of benzene rings is 4. The topological polar surface area (TPSA) is 143 Å². The summed E-state index contributed by atoms with van der Waals surface area (Å²) in [6.07, 6.45) is -1.63. The van der Waals surface area contributed by atoms with Gasteiger partial charge in [-0.25, -0.2) is 26.3 Å². The lowest BCUT2D eigenvalue weighted by Crippen LogP contribution is -2.51. The number of hydrogen-bond donors (Lipinski definition) is 2. The number of ether oxygens (including phenoxy) is 2. The SMILES string of the molecule is COc1cccc(CN(C[C@@H](O)[C@H](Cc2cc(F)cc(F)c2)NC(=O)c2cc(C(C)=O)cc(N(c3ccccc3)S(C)(=O)=O)c2)C(=O)OC(C)(C)C)c1. The summed E-state index contributed by atoms with van der Waals surface area (Å²) in [4.78, 5) is 41.3. The fourth-order valence-corrected chi connectivity index (χ4v) is 6.54. The summed E-state index contributed by atoms with van der Waals surface area (Å²) in [6, 6.07) is 20.4. The van der Waals surface area contributed by atoms with Crippen LogP contribution < -0.4 is 14.4 Å². The molecule has 2 amide bonds. The normalized spacial score (nSPS) is 12.7. The van der Waals surface area contributed by atoms with E-state index in [1.807, 2.05) is 0 Å². The van der Waals surface area contributed by atoms with E-state index in [2.05, 4.69) is 5.32 Å². The first-order chi connectivity index (χ1) is 24.8. The van der Waals surface area contributed by atoms with Crippen molar-refractivity contribution in [3.8, 4) is 5.75 Å². The van der Waals surface area contributed by atoms with Crippen molar-refractivity contribution in [2.75, 3.05) is 24.2 Å². The molecule has 0 fully saturated rings. The molecule has 14 heteroatoms. The van der Waals surface area contributed by atoms with E-state index in [-0.39, 0.29) is 41.0 Å². The van der Waals surface area contributed by atoms with Crippen LogP contribution in [0.2, 0.25) is 0 Å². The number of para-hydroxylation sites is 1. The lowest BCUT2D eigenvalue weighted by atomic mass is 9.99. The fourth-order valence-electron chi connectivity index (χ4n) is 5.55. The number of carbonyl (C=O) groups is 3. The minimum atomic E-state index is -3.98. The Labute approximate surface area is 308 Å². The van der Waals surface area contributed by atoms with Gasteiger partial charge in [-0.1, -0.05) is 30.3 Å². The monoisotopic (exact) mass is 751 g/mol. The van der Waals surface area contributed by atoms with Crippen LogP contribution in [0, 0.1) is 11.6 Å². The van der Waals surface area contributed by atoms with Crippen LogP contribution in [-0.4, -0.2) is 73.9 Å². The van der Waals surface area contributed by atoms with Crippen molar-refractivity contribution in [1.82, 2.24) is 10.2 Å². The van der Waals surface area contributed by atoms with Gasteiger partial charge in [0.1, 0.15) is 23.0 Å². The highest BCUT2D eigenvalue weighted by molar-refractivity contribution is 7.92. The number of methoxy groups -OCH3 is 1. The molecule has 0 radical (unpaired) electrons. The summed E-state index contributed by atoms with van der Waals surface area (Å²) >= 11 is 0. The molecule has 4 rings (SSSR count). The summed E-state index contributed by atoms with van der Waals surface area (Å²) in [7, 11) is -2.49. The van der Waals surface area contributed by atoms with E-state index in [4.69, 9.17) is 9.47 Å². The number of sulfonamides is 1. The Balaban J connectivity index is 1.75. The van der Waals surface area contributed by atoms with Gasteiger partial charge in [0.15, 0.2) is 5.78 Å². The molecule has 4 aromatic rings. The summed E-state index contributed by atoms with van der Waals surface area (Å²) in [5, 5.41) is 14.4. The lowest BCUT2D eigenvalue weighted by Gasteiger charge is -2.32. The number of ketones is 1. The van der Waals surface area contributed by atoms with Crippen LogP contribution in [-0.2, 0) is 27.7 Å². The lowest BCUT2D eigenvalue weighted by molar-refractivity contribution is 0.00836. The van der Waals surface area contributed by atoms with E-state index in [1.54, 1.807) is 75.4 Å². The Hall–Kier alpha value is -5.34. The quantitative estimate of drug-likeness (QED) is 0.141. The highest BCUT2D eigenvalue weighted by atomic mass is 32.2. The maximum absolute atomic E-state index is 14.3. The van der Waals surface area contributed by atoms with E-state index in [1.165, 1.54) is 37.1 Å². The molecule has 0 aliphatic heterocycles. The fraction of sp³-hybridized carbons (Fsp3) is 0.308. The zero-order valence-electron chi connectivity index (χ0n) is 30.3. The van der Waals surface area contributed by atoms with E-state index >= 15 is 0 Å². The van der Waals surface area contributed by atoms with E-state index < -0.39 is 63.7 Å². The molecule has 0 aromatic heterocycles. The first-order valence-electron chi connectivity index (χ1n) is 16.6. The summed E-state index contributed by atoms with van der Waals surface area (Å²) in [5.41, 5.74) is -0.0415. The second-order valence-electron chi connectivity index (χ2n) is 13.5. The number of anilines is 2. The molecule has 0 aliphatic carbocycles. The Morgan fingerprint density at radius 3 is 2.08 bits per heavy atom. The van der Waals surface area contributed by atoms with Gasteiger partial charge in [-0.2, -0.15) is 0 Å². The maximum Gasteiger partial charge on any atom is 0.410 e. The van der Waals surface area contributed by atoms with Gasteiger partial charge < -0.3 is 24.8 Å². The average Bonchev–Trinajstić information content (AvgIpc) is 3.06. The number of rotatable bonds is 14. The predicted molar refractivity (Wildman–Crippen MR) is 197 cm³/mol. The van der Waals surface area contributed by atoms with Crippen LogP contribution in [0.25, 0.3) is 0 Å². The second-order valence-corrected chi connectivity index (χ2v) is 15.4. The van der Waals surface area contributed by atoms with E-state index in [0.29, 0.717) is 17.4 Å². The zero-order chi connectivity index (χ0) is 39.1. The first-order valence-corrected chi connectivity index (χ1v) is 18.4. The highest BCUT2D eigenvalue weighted by Crippen LogP contribution is 2.30. The Bertz CT molecular complexity index is 2040. The summed E-state index contributed by atoms with van der Waals surface area (Å²) in [6.45, 7) is 5.86. The number of nitrogens with one attached hydrogen (secondary N) is 1. The third kappa shape index (κ3) is 11.6. The Morgan fingerprint density at radius 1 is 0.849 bits per heavy atom. The molecule has 282 valence electrons. The first kappa shape index (κ1) is 40.4. The van der Waals surface area contributed by atoms with Crippen LogP contribution in [0.5, 0.6) is 5.75 Å². The highest BCUT2D eigenvalue weighted by Gasteiger charge is 2.30. The molecule has 0 saturated heterocycles. The molecule has 2 N–H and O–H groups in total. The number of aliphatic hydroxyl groups excluding tert-OH is 1. The number of amides is 2. The molecular weight excluding hydrogens is 709 g/mol. The van der Waals surface area contributed by atoms with E-state index in [0.717, 1.165) is 22.7 Å². The molecular formula is C39H43F2N3O8S. The number of hydrogen-bond acceptors (Lipinski definition) is 8. The third-order valence-electron chi connectivity index (χ3n) is 7.87. The molecule has 0 spiro atoms. The zero-order valence-corrected chi connectivity index (χ0v) is 31.1. The third-order valence-corrected chi connectivity index (χ3v) is 8.95. The van der Waals surface area contributed by atoms with Gasteiger partial charge in [-0.05, 0) is 99.8 Å². The van der Waals surface area contributed by atoms with Gasteiger partial charge >= 0.3 is 6.09 Å². The molecule has 0 bridgehead atoms. The van der Waals surface area contributed by atoms with Gasteiger partial charge in [0.2, 0.25) is 10.0 Å². The molecule has 11 nitrogen and oxygen atoms in total. The van der Waals surface area contributed by atoms with Crippen molar-refractivity contribution < 1.29 is 46.2 Å². The molecule has 0 aliphatic rings. The molecule has 0 heterocycles. The largest absolute Gasteiger partial charge is 0.497 e. The van der Waals surface area contributed by atoms with Crippen molar-refractivity contribution in [2.24, 2.45) is 0 Å². The summed E-state index contributed by atoms with van der Waals surface area (Å²) < 4.78 is 66.6. The maximum atomic E-state index is 14.3. The van der Waals surface area contributed by atoms with Crippen molar-refractivity contribution in [3.63, 3.8) is 0 Å². The van der Waals surface area contributed by atoms with Gasteiger partial charge in [0.25, 0.3) is 5.91 Å². The van der Waals surface area contributed by atoms with E-state index in [9.17, 15) is 36.7 Å². The Morgan fingerprint density at radius 2 is 1.49 bits per heavy atom. The minimum absolute atomic E-state index is 0.00441. The number of carbonyl (C=O) groups excluding carboxylic acids is 3. The van der Waals surface area contributed by atoms with Crippen molar-refractivity contribution in [1.29, 1.82) is 0 Å². The predicted octanol–water partition coefficient (Wildman–Crippen LogP) is 6.41. The minimum Gasteiger partial charge on any atom is -0.497 e. The van der Waals surface area contributed by atoms with Gasteiger partial charge in [0, 0.05) is 23.7 Å². The number of Topliss-reactive ketones (excluding diaryl/α,β-unsaturated/α-hetero) is 1. The van der Waals surface area contributed by atoms with Crippen LogP contribution in [0.15, 0.2) is 91.0 Å². The molecule has 0 unspecified atom stereocenters. The van der Waals surface area contributed by atoms with Gasteiger partial charge in [-0.3, -0.25) is 9.59 Å². The van der Waals surface area contributed by atoms with Crippen LogP contribution >= 0.6 is 0 Å². The van der Waals surface area contributed by atoms with Crippen molar-refractivity contribution in [3.05, 3.63) is 125 Å². The smallest absolute Gasteiger partial charge is 0.410 e. The van der Waals surface area contributed by atoms with Crippen LogP contribution in [0.3, 0.4) is 0 Å². The van der Waals surface area contributed by atoms with Gasteiger partial charge in [0.05, 0.1) is 43.4 Å². The number of aliphatic hydroxyl groups is 1. The van der Waals surface area contributed by atoms with Crippen molar-refractivity contribution in [2.45, 2.75) is 58.4 Å². The number of nitrogens with zero attached hydrogens (tertiary/aromatic N) is 2. The van der Waals surface area contributed by atoms with Crippen LogP contribution in [0.4, 0.5) is 25.0 Å².